The van der Waals surface area contributed by atoms with Crippen molar-refractivity contribution in [2.45, 2.75) is 11.3 Å². The molecule has 8 heteroatoms. The SMILES string of the molecule is Cn1ccc(CCNS(=O)(=O)c2cc(F)ccc2N)n1. The van der Waals surface area contributed by atoms with Gasteiger partial charge in [-0.2, -0.15) is 5.10 Å². The van der Waals surface area contributed by atoms with E-state index in [2.05, 4.69) is 9.82 Å². The maximum Gasteiger partial charge on any atom is 0.242 e. The maximum absolute atomic E-state index is 13.1. The number of rotatable bonds is 5. The molecule has 108 valence electrons. The molecule has 20 heavy (non-hydrogen) atoms. The Hall–Kier alpha value is -1.93. The highest BCUT2D eigenvalue weighted by Crippen LogP contribution is 2.18. The Kier molecular flexibility index (Phi) is 4.05. The monoisotopic (exact) mass is 298 g/mol. The number of aromatic nitrogens is 2. The van der Waals surface area contributed by atoms with Crippen molar-refractivity contribution < 1.29 is 12.8 Å². The molecule has 0 bridgehead atoms. The van der Waals surface area contributed by atoms with E-state index in [-0.39, 0.29) is 17.1 Å². The number of nitrogens with zero attached hydrogens (tertiary/aromatic N) is 2. The second-order valence-corrected chi connectivity index (χ2v) is 6.05. The summed E-state index contributed by atoms with van der Waals surface area (Å²) in [7, 11) is -2.05. The first kappa shape index (κ1) is 14.5. The van der Waals surface area contributed by atoms with Crippen LogP contribution < -0.4 is 10.5 Å². The molecule has 0 saturated heterocycles. The molecule has 3 N–H and O–H groups in total. The van der Waals surface area contributed by atoms with E-state index in [1.54, 1.807) is 24.0 Å². The smallest absolute Gasteiger partial charge is 0.242 e. The fraction of sp³-hybridized carbons (Fsp3) is 0.250. The summed E-state index contributed by atoms with van der Waals surface area (Å²) >= 11 is 0. The minimum atomic E-state index is -3.83. The standard InChI is InChI=1S/C12H15FN4O2S/c1-17-7-5-10(16-17)4-6-15-20(18,19)12-8-9(13)2-3-11(12)14/h2-3,5,7-8,15H,4,6,14H2,1H3. The zero-order valence-electron chi connectivity index (χ0n) is 10.9. The summed E-state index contributed by atoms with van der Waals surface area (Å²) in [5.74, 6) is -0.649. The Labute approximate surface area is 116 Å². The van der Waals surface area contributed by atoms with Crippen LogP contribution in [0.3, 0.4) is 0 Å². The minimum Gasteiger partial charge on any atom is -0.398 e. The minimum absolute atomic E-state index is 0.0109. The highest BCUT2D eigenvalue weighted by Gasteiger charge is 2.17. The number of halogens is 1. The summed E-state index contributed by atoms with van der Waals surface area (Å²) < 4.78 is 41.2. The fourth-order valence-corrected chi connectivity index (χ4v) is 2.90. The van der Waals surface area contributed by atoms with Gasteiger partial charge < -0.3 is 5.73 Å². The van der Waals surface area contributed by atoms with Crippen LogP contribution in [-0.4, -0.2) is 24.7 Å². The van der Waals surface area contributed by atoms with Crippen molar-refractivity contribution in [3.05, 3.63) is 42.0 Å². The van der Waals surface area contributed by atoms with E-state index < -0.39 is 15.8 Å². The van der Waals surface area contributed by atoms with Gasteiger partial charge in [0.15, 0.2) is 0 Å². The first-order valence-electron chi connectivity index (χ1n) is 5.92. The molecule has 0 atom stereocenters. The number of nitrogens with one attached hydrogen (secondary N) is 1. The Morgan fingerprint density at radius 2 is 2.15 bits per heavy atom. The molecular formula is C12H15FN4O2S. The number of sulfonamides is 1. The average molecular weight is 298 g/mol. The molecule has 0 aliphatic carbocycles. The molecule has 2 rings (SSSR count). The molecule has 0 aliphatic rings. The predicted molar refractivity (Wildman–Crippen MR) is 72.9 cm³/mol. The van der Waals surface area contributed by atoms with Gasteiger partial charge in [-0.3, -0.25) is 4.68 Å². The van der Waals surface area contributed by atoms with Crippen LogP contribution >= 0.6 is 0 Å². The summed E-state index contributed by atoms with van der Waals surface area (Å²) in [6.07, 6.45) is 2.21. The quantitative estimate of drug-likeness (QED) is 0.794. The second kappa shape index (κ2) is 5.59. The molecule has 1 heterocycles. The Balaban J connectivity index is 2.06. The van der Waals surface area contributed by atoms with Crippen LogP contribution in [0.15, 0.2) is 35.4 Å². The van der Waals surface area contributed by atoms with Crippen LogP contribution in [-0.2, 0) is 23.5 Å². The van der Waals surface area contributed by atoms with Crippen LogP contribution in [0.1, 0.15) is 5.69 Å². The van der Waals surface area contributed by atoms with Crippen molar-refractivity contribution in [1.82, 2.24) is 14.5 Å². The Morgan fingerprint density at radius 1 is 1.40 bits per heavy atom. The van der Waals surface area contributed by atoms with Gasteiger partial charge in [0.1, 0.15) is 10.7 Å². The molecule has 0 aliphatic heterocycles. The van der Waals surface area contributed by atoms with Gasteiger partial charge in [0.05, 0.1) is 11.4 Å². The third-order valence-electron chi connectivity index (χ3n) is 2.71. The van der Waals surface area contributed by atoms with Crippen LogP contribution in [0.2, 0.25) is 0 Å². The summed E-state index contributed by atoms with van der Waals surface area (Å²) in [5.41, 5.74) is 6.34. The third-order valence-corrected chi connectivity index (χ3v) is 4.22. The van der Waals surface area contributed by atoms with Crippen molar-refractivity contribution >= 4 is 15.7 Å². The number of hydrogen-bond acceptors (Lipinski definition) is 4. The van der Waals surface area contributed by atoms with E-state index in [1.165, 1.54) is 6.07 Å². The topological polar surface area (TPSA) is 90.0 Å². The number of anilines is 1. The molecule has 6 nitrogen and oxygen atoms in total. The molecule has 1 aromatic carbocycles. The van der Waals surface area contributed by atoms with Gasteiger partial charge in [-0.25, -0.2) is 17.5 Å². The molecule has 1 aromatic heterocycles. The number of benzene rings is 1. The normalized spacial score (nSPS) is 11.7. The zero-order valence-corrected chi connectivity index (χ0v) is 11.7. The van der Waals surface area contributed by atoms with E-state index in [1.807, 2.05) is 0 Å². The van der Waals surface area contributed by atoms with Crippen molar-refractivity contribution in [2.24, 2.45) is 7.05 Å². The number of nitrogen functional groups attached to an aromatic ring is 1. The molecular weight excluding hydrogens is 283 g/mol. The van der Waals surface area contributed by atoms with Gasteiger partial charge in [-0.05, 0) is 24.3 Å². The lowest BCUT2D eigenvalue weighted by Crippen LogP contribution is -2.27. The zero-order chi connectivity index (χ0) is 14.8. The lowest BCUT2D eigenvalue weighted by Gasteiger charge is -2.08. The lowest BCUT2D eigenvalue weighted by molar-refractivity contribution is 0.577. The van der Waals surface area contributed by atoms with Crippen molar-refractivity contribution in [1.29, 1.82) is 0 Å². The molecule has 0 unspecified atom stereocenters. The summed E-state index contributed by atoms with van der Waals surface area (Å²) in [6, 6.07) is 5.04. The van der Waals surface area contributed by atoms with E-state index in [0.29, 0.717) is 6.42 Å². The van der Waals surface area contributed by atoms with Gasteiger partial charge in [0.25, 0.3) is 0 Å². The Morgan fingerprint density at radius 3 is 2.80 bits per heavy atom. The highest BCUT2D eigenvalue weighted by atomic mass is 32.2. The fourth-order valence-electron chi connectivity index (χ4n) is 1.73. The lowest BCUT2D eigenvalue weighted by atomic mass is 10.3. The van der Waals surface area contributed by atoms with Crippen LogP contribution in [0.4, 0.5) is 10.1 Å². The van der Waals surface area contributed by atoms with Gasteiger partial charge in [-0.1, -0.05) is 0 Å². The van der Waals surface area contributed by atoms with Gasteiger partial charge in [0.2, 0.25) is 10.0 Å². The second-order valence-electron chi connectivity index (χ2n) is 4.31. The highest BCUT2D eigenvalue weighted by molar-refractivity contribution is 7.89. The Bertz CT molecular complexity index is 712. The largest absolute Gasteiger partial charge is 0.398 e. The molecule has 0 amide bonds. The molecule has 0 radical (unpaired) electrons. The van der Waals surface area contributed by atoms with Gasteiger partial charge >= 0.3 is 0 Å². The van der Waals surface area contributed by atoms with E-state index in [4.69, 9.17) is 5.73 Å². The van der Waals surface area contributed by atoms with Crippen LogP contribution in [0.25, 0.3) is 0 Å². The number of aryl methyl sites for hydroxylation is 1. The number of hydrogen-bond donors (Lipinski definition) is 2. The van der Waals surface area contributed by atoms with Gasteiger partial charge in [0, 0.05) is 26.2 Å². The van der Waals surface area contributed by atoms with Crippen LogP contribution in [0, 0.1) is 5.82 Å². The van der Waals surface area contributed by atoms with E-state index in [0.717, 1.165) is 17.8 Å². The summed E-state index contributed by atoms with van der Waals surface area (Å²) in [5, 5.41) is 4.13. The molecule has 2 aromatic rings. The van der Waals surface area contributed by atoms with Crippen molar-refractivity contribution in [3.63, 3.8) is 0 Å². The maximum atomic E-state index is 13.1. The first-order chi connectivity index (χ1) is 9.38. The molecule has 0 spiro atoms. The summed E-state index contributed by atoms with van der Waals surface area (Å²) in [4.78, 5) is -0.251. The number of nitrogens with two attached hydrogens (primary N) is 1. The first-order valence-corrected chi connectivity index (χ1v) is 7.40. The third kappa shape index (κ3) is 3.34. The van der Waals surface area contributed by atoms with Crippen molar-refractivity contribution in [3.8, 4) is 0 Å². The summed E-state index contributed by atoms with van der Waals surface area (Å²) in [6.45, 7) is 0.162. The van der Waals surface area contributed by atoms with Gasteiger partial charge in [-0.15, -0.1) is 0 Å². The van der Waals surface area contributed by atoms with E-state index >= 15 is 0 Å². The predicted octanol–water partition coefficient (Wildman–Crippen LogP) is 0.662. The van der Waals surface area contributed by atoms with Crippen molar-refractivity contribution in [2.75, 3.05) is 12.3 Å². The van der Waals surface area contributed by atoms with Crippen LogP contribution in [0.5, 0.6) is 0 Å². The average Bonchev–Trinajstić information content (AvgIpc) is 2.78. The molecule has 0 saturated carbocycles. The van der Waals surface area contributed by atoms with E-state index in [9.17, 15) is 12.8 Å². The molecule has 0 fully saturated rings.